The van der Waals surface area contributed by atoms with E-state index in [1.54, 1.807) is 24.2 Å². The Bertz CT molecular complexity index is 516. The third-order valence-electron chi connectivity index (χ3n) is 2.64. The Hall–Kier alpha value is -1.81. The van der Waals surface area contributed by atoms with Crippen LogP contribution in [0, 0.1) is 0 Å². The van der Waals surface area contributed by atoms with Gasteiger partial charge in [-0.3, -0.25) is 9.78 Å². The van der Waals surface area contributed by atoms with E-state index in [4.69, 9.17) is 0 Å². The van der Waals surface area contributed by atoms with Crippen molar-refractivity contribution < 1.29 is 4.79 Å². The van der Waals surface area contributed by atoms with E-state index in [1.807, 2.05) is 49.4 Å². The lowest BCUT2D eigenvalue weighted by molar-refractivity contribution is -0.120. The van der Waals surface area contributed by atoms with Gasteiger partial charge >= 0.3 is 0 Å². The summed E-state index contributed by atoms with van der Waals surface area (Å²) in [5, 5.41) is 2.82. The lowest BCUT2D eigenvalue weighted by atomic mass is 10.2. The second kappa shape index (κ2) is 6.95. The molecule has 0 fully saturated rings. The Labute approximate surface area is 117 Å². The average molecular weight is 272 g/mol. The number of hydrogen-bond acceptors (Lipinski definition) is 3. The van der Waals surface area contributed by atoms with Gasteiger partial charge in [0.2, 0.25) is 5.91 Å². The molecule has 2 aromatic rings. The molecule has 1 N–H and O–H groups in total. The summed E-state index contributed by atoms with van der Waals surface area (Å²) in [6, 6.07) is 13.7. The number of rotatable bonds is 5. The Morgan fingerprint density at radius 1 is 1.21 bits per heavy atom. The summed E-state index contributed by atoms with van der Waals surface area (Å²) in [7, 11) is 0. The lowest BCUT2D eigenvalue weighted by Gasteiger charge is -2.11. The molecule has 0 saturated carbocycles. The van der Waals surface area contributed by atoms with Gasteiger partial charge in [0.15, 0.2) is 0 Å². The first-order valence-electron chi connectivity index (χ1n) is 6.14. The summed E-state index contributed by atoms with van der Waals surface area (Å²) in [4.78, 5) is 17.0. The van der Waals surface area contributed by atoms with Gasteiger partial charge in [0.1, 0.15) is 0 Å². The van der Waals surface area contributed by atoms with Crippen molar-refractivity contribution in [1.29, 1.82) is 0 Å². The first-order valence-corrected chi connectivity index (χ1v) is 7.02. The van der Waals surface area contributed by atoms with Crippen molar-refractivity contribution in [3.63, 3.8) is 0 Å². The number of benzene rings is 1. The van der Waals surface area contributed by atoms with Crippen LogP contribution in [0.1, 0.15) is 12.5 Å². The second-order valence-corrected chi connectivity index (χ2v) is 5.56. The molecule has 19 heavy (non-hydrogen) atoms. The van der Waals surface area contributed by atoms with E-state index in [9.17, 15) is 4.79 Å². The SMILES string of the molecule is CC(Sc1ccccc1)C(=O)NCc1ccncc1. The molecule has 1 atom stereocenters. The number of nitrogens with one attached hydrogen (secondary N) is 1. The van der Waals surface area contributed by atoms with Crippen LogP contribution >= 0.6 is 11.8 Å². The summed E-state index contributed by atoms with van der Waals surface area (Å²) >= 11 is 1.56. The first-order chi connectivity index (χ1) is 9.25. The number of carbonyl (C=O) groups excluding carboxylic acids is 1. The van der Waals surface area contributed by atoms with Gasteiger partial charge in [0.25, 0.3) is 0 Å². The third-order valence-corrected chi connectivity index (χ3v) is 3.75. The van der Waals surface area contributed by atoms with Crippen LogP contribution in [0.5, 0.6) is 0 Å². The van der Waals surface area contributed by atoms with Crippen molar-refractivity contribution in [3.05, 3.63) is 60.4 Å². The minimum Gasteiger partial charge on any atom is -0.351 e. The zero-order valence-electron chi connectivity index (χ0n) is 10.7. The molecule has 1 unspecified atom stereocenters. The number of aromatic nitrogens is 1. The molecule has 0 spiro atoms. The van der Waals surface area contributed by atoms with E-state index in [2.05, 4.69) is 10.3 Å². The maximum Gasteiger partial charge on any atom is 0.233 e. The molecular formula is C15H16N2OS. The van der Waals surface area contributed by atoms with Gasteiger partial charge in [0.05, 0.1) is 5.25 Å². The summed E-state index contributed by atoms with van der Waals surface area (Å²) < 4.78 is 0. The van der Waals surface area contributed by atoms with Crippen molar-refractivity contribution in [2.24, 2.45) is 0 Å². The smallest absolute Gasteiger partial charge is 0.233 e. The number of amides is 1. The predicted octanol–water partition coefficient (Wildman–Crippen LogP) is 2.88. The molecule has 0 aliphatic carbocycles. The van der Waals surface area contributed by atoms with Crippen LogP contribution in [0.2, 0.25) is 0 Å². The van der Waals surface area contributed by atoms with Crippen LogP contribution in [-0.2, 0) is 11.3 Å². The summed E-state index contributed by atoms with van der Waals surface area (Å²) in [6.07, 6.45) is 3.45. The molecule has 1 amide bonds. The Kier molecular flexibility index (Phi) is 4.98. The molecule has 0 saturated heterocycles. The normalized spacial score (nSPS) is 11.8. The van der Waals surface area contributed by atoms with Gasteiger partial charge in [-0.25, -0.2) is 0 Å². The number of pyridine rings is 1. The molecular weight excluding hydrogens is 256 g/mol. The number of nitrogens with zero attached hydrogens (tertiary/aromatic N) is 1. The highest BCUT2D eigenvalue weighted by Crippen LogP contribution is 2.22. The van der Waals surface area contributed by atoms with Crippen LogP contribution < -0.4 is 5.32 Å². The molecule has 0 radical (unpaired) electrons. The van der Waals surface area contributed by atoms with Crippen LogP contribution in [0.3, 0.4) is 0 Å². The van der Waals surface area contributed by atoms with Crippen LogP contribution in [-0.4, -0.2) is 16.1 Å². The zero-order chi connectivity index (χ0) is 13.5. The maximum absolute atomic E-state index is 12.0. The summed E-state index contributed by atoms with van der Waals surface area (Å²) in [6.45, 7) is 2.46. The Morgan fingerprint density at radius 3 is 2.58 bits per heavy atom. The number of carbonyl (C=O) groups is 1. The third kappa shape index (κ3) is 4.41. The number of hydrogen-bond donors (Lipinski definition) is 1. The highest BCUT2D eigenvalue weighted by Gasteiger charge is 2.13. The minimum absolute atomic E-state index is 0.0469. The quantitative estimate of drug-likeness (QED) is 0.851. The Morgan fingerprint density at radius 2 is 1.89 bits per heavy atom. The van der Waals surface area contributed by atoms with Crippen molar-refractivity contribution in [1.82, 2.24) is 10.3 Å². The largest absolute Gasteiger partial charge is 0.351 e. The second-order valence-electron chi connectivity index (χ2n) is 4.15. The topological polar surface area (TPSA) is 42.0 Å². The lowest BCUT2D eigenvalue weighted by Crippen LogP contribution is -2.30. The zero-order valence-corrected chi connectivity index (χ0v) is 11.6. The highest BCUT2D eigenvalue weighted by atomic mass is 32.2. The van der Waals surface area contributed by atoms with Crippen LogP contribution in [0.25, 0.3) is 0 Å². The van der Waals surface area contributed by atoms with Gasteiger partial charge in [0, 0.05) is 23.8 Å². The molecule has 0 bridgehead atoms. The van der Waals surface area contributed by atoms with Crippen molar-refractivity contribution in [2.45, 2.75) is 23.6 Å². The van der Waals surface area contributed by atoms with Crippen molar-refractivity contribution in [2.75, 3.05) is 0 Å². The fourth-order valence-corrected chi connectivity index (χ4v) is 2.50. The Balaban J connectivity index is 1.83. The standard InChI is InChI=1S/C15H16N2OS/c1-12(19-14-5-3-2-4-6-14)15(18)17-11-13-7-9-16-10-8-13/h2-10,12H,11H2,1H3,(H,17,18). The molecule has 3 nitrogen and oxygen atoms in total. The molecule has 98 valence electrons. The highest BCUT2D eigenvalue weighted by molar-refractivity contribution is 8.00. The van der Waals surface area contributed by atoms with Crippen molar-refractivity contribution >= 4 is 17.7 Å². The molecule has 4 heteroatoms. The van der Waals surface area contributed by atoms with Gasteiger partial charge in [-0.15, -0.1) is 11.8 Å². The number of thioether (sulfide) groups is 1. The van der Waals surface area contributed by atoms with E-state index in [-0.39, 0.29) is 11.2 Å². The van der Waals surface area contributed by atoms with Gasteiger partial charge in [-0.1, -0.05) is 18.2 Å². The average Bonchev–Trinajstić information content (AvgIpc) is 2.47. The first kappa shape index (κ1) is 13.6. The van der Waals surface area contributed by atoms with Crippen LogP contribution in [0.4, 0.5) is 0 Å². The van der Waals surface area contributed by atoms with E-state index in [0.717, 1.165) is 10.5 Å². The fourth-order valence-electron chi connectivity index (χ4n) is 1.59. The van der Waals surface area contributed by atoms with Crippen LogP contribution in [0.15, 0.2) is 59.8 Å². The minimum atomic E-state index is -0.107. The molecule has 1 aromatic heterocycles. The molecule has 0 aliphatic rings. The van der Waals surface area contributed by atoms with E-state index in [0.29, 0.717) is 6.54 Å². The molecule has 2 rings (SSSR count). The fraction of sp³-hybridized carbons (Fsp3) is 0.200. The van der Waals surface area contributed by atoms with E-state index < -0.39 is 0 Å². The summed E-state index contributed by atoms with van der Waals surface area (Å²) in [5.74, 6) is 0.0469. The predicted molar refractivity (Wildman–Crippen MR) is 77.8 cm³/mol. The van der Waals surface area contributed by atoms with E-state index >= 15 is 0 Å². The maximum atomic E-state index is 12.0. The van der Waals surface area contributed by atoms with Gasteiger partial charge in [-0.05, 0) is 36.8 Å². The molecule has 0 aliphatic heterocycles. The molecule has 1 aromatic carbocycles. The van der Waals surface area contributed by atoms with Gasteiger partial charge < -0.3 is 5.32 Å². The summed E-state index contributed by atoms with van der Waals surface area (Å²) in [5.41, 5.74) is 1.06. The van der Waals surface area contributed by atoms with Gasteiger partial charge in [-0.2, -0.15) is 0 Å². The monoisotopic (exact) mass is 272 g/mol. The van der Waals surface area contributed by atoms with E-state index in [1.165, 1.54) is 0 Å². The molecule has 1 heterocycles. The van der Waals surface area contributed by atoms with Crippen molar-refractivity contribution in [3.8, 4) is 0 Å².